The van der Waals surface area contributed by atoms with Gasteiger partial charge in [-0.2, -0.15) is 0 Å². The Morgan fingerprint density at radius 2 is 2.00 bits per heavy atom. The second-order valence-corrected chi connectivity index (χ2v) is 6.30. The first-order chi connectivity index (χ1) is 13.2. The lowest BCUT2D eigenvalue weighted by atomic mass is 10.0. The van der Waals surface area contributed by atoms with Gasteiger partial charge in [-0.25, -0.2) is 0 Å². The van der Waals surface area contributed by atoms with E-state index in [1.165, 1.54) is 11.6 Å². The van der Waals surface area contributed by atoms with Crippen molar-refractivity contribution in [2.75, 3.05) is 25.1 Å². The van der Waals surface area contributed by atoms with Crippen molar-refractivity contribution in [2.45, 2.75) is 12.8 Å². The van der Waals surface area contributed by atoms with Crippen LogP contribution >= 0.6 is 0 Å². The van der Waals surface area contributed by atoms with E-state index < -0.39 is 5.91 Å². The molecule has 0 bridgehead atoms. The zero-order valence-corrected chi connectivity index (χ0v) is 15.3. The summed E-state index contributed by atoms with van der Waals surface area (Å²) in [4.78, 5) is 26.1. The van der Waals surface area contributed by atoms with E-state index in [0.29, 0.717) is 5.75 Å². The maximum Gasteiger partial charge on any atom is 0.262 e. The summed E-state index contributed by atoms with van der Waals surface area (Å²) in [6.45, 7) is 1.03. The van der Waals surface area contributed by atoms with Crippen LogP contribution in [0.2, 0.25) is 0 Å². The van der Waals surface area contributed by atoms with Crippen molar-refractivity contribution in [3.63, 3.8) is 0 Å². The van der Waals surface area contributed by atoms with Crippen molar-refractivity contribution in [1.82, 2.24) is 10.9 Å². The number of ether oxygens (including phenoxy) is 1. The van der Waals surface area contributed by atoms with Crippen LogP contribution in [0.25, 0.3) is 6.08 Å². The number of nitrogens with one attached hydrogen (secondary N) is 2. The Morgan fingerprint density at radius 1 is 1.15 bits per heavy atom. The van der Waals surface area contributed by atoms with Crippen LogP contribution < -0.4 is 20.5 Å². The number of methoxy groups -OCH3 is 1. The Bertz CT molecular complexity index is 848. The molecule has 0 saturated carbocycles. The van der Waals surface area contributed by atoms with Crippen molar-refractivity contribution in [3.05, 3.63) is 65.7 Å². The summed E-state index contributed by atoms with van der Waals surface area (Å²) in [5.74, 6) is 0.0627. The zero-order valence-electron chi connectivity index (χ0n) is 15.3. The van der Waals surface area contributed by atoms with Crippen LogP contribution in [0.1, 0.15) is 17.5 Å². The van der Waals surface area contributed by atoms with Gasteiger partial charge in [0.05, 0.1) is 13.7 Å². The summed E-state index contributed by atoms with van der Waals surface area (Å²) in [7, 11) is 1.59. The third kappa shape index (κ3) is 5.10. The van der Waals surface area contributed by atoms with E-state index >= 15 is 0 Å². The molecule has 2 aromatic carbocycles. The predicted molar refractivity (Wildman–Crippen MR) is 105 cm³/mol. The van der Waals surface area contributed by atoms with Gasteiger partial charge in [-0.1, -0.05) is 30.3 Å². The Labute approximate surface area is 158 Å². The summed E-state index contributed by atoms with van der Waals surface area (Å²) in [6, 6.07) is 15.4. The first-order valence-corrected chi connectivity index (χ1v) is 8.89. The fourth-order valence-corrected chi connectivity index (χ4v) is 3.08. The lowest BCUT2D eigenvalue weighted by molar-refractivity contribution is -0.125. The number of nitrogens with zero attached hydrogens (tertiary/aromatic N) is 1. The van der Waals surface area contributed by atoms with Crippen LogP contribution in [-0.2, 0) is 16.0 Å². The van der Waals surface area contributed by atoms with E-state index in [-0.39, 0.29) is 12.5 Å². The highest BCUT2D eigenvalue weighted by atomic mass is 16.5. The average Bonchev–Trinajstić information content (AvgIpc) is 2.71. The van der Waals surface area contributed by atoms with Gasteiger partial charge >= 0.3 is 0 Å². The van der Waals surface area contributed by atoms with Gasteiger partial charge in [-0.05, 0) is 48.2 Å². The number of fused-ring (bicyclic) bond motifs is 1. The third-order valence-electron chi connectivity index (χ3n) is 4.39. The monoisotopic (exact) mass is 365 g/mol. The van der Waals surface area contributed by atoms with Gasteiger partial charge < -0.3 is 9.64 Å². The molecule has 0 atom stereocenters. The molecular formula is C21H23N3O3. The van der Waals surface area contributed by atoms with Crippen molar-refractivity contribution < 1.29 is 14.3 Å². The molecule has 0 radical (unpaired) electrons. The molecule has 0 fully saturated rings. The number of hydrogen-bond acceptors (Lipinski definition) is 4. The molecule has 0 aliphatic carbocycles. The third-order valence-corrected chi connectivity index (χ3v) is 4.39. The lowest BCUT2D eigenvalue weighted by Crippen LogP contribution is -2.47. The molecule has 27 heavy (non-hydrogen) atoms. The molecule has 140 valence electrons. The van der Waals surface area contributed by atoms with Crippen LogP contribution in [0.3, 0.4) is 0 Å². The molecule has 1 aliphatic rings. The summed E-state index contributed by atoms with van der Waals surface area (Å²) in [5, 5.41) is 0. The SMILES string of the molecule is COc1cccc(/C=C/C(=O)NNC(=O)CN2CCCc3ccccc32)c1. The summed E-state index contributed by atoms with van der Waals surface area (Å²) in [5.41, 5.74) is 8.05. The van der Waals surface area contributed by atoms with Crippen LogP contribution in [0.4, 0.5) is 5.69 Å². The molecule has 0 spiro atoms. The molecule has 2 aromatic rings. The van der Waals surface area contributed by atoms with Crippen LogP contribution in [0.15, 0.2) is 54.6 Å². The second kappa shape index (κ2) is 8.89. The molecule has 6 nitrogen and oxygen atoms in total. The van der Waals surface area contributed by atoms with Crippen LogP contribution in [0, 0.1) is 0 Å². The highest BCUT2D eigenvalue weighted by Gasteiger charge is 2.18. The molecule has 2 N–H and O–H groups in total. The van der Waals surface area contributed by atoms with E-state index in [1.807, 2.05) is 47.4 Å². The number of amides is 2. The topological polar surface area (TPSA) is 70.7 Å². The Kier molecular flexibility index (Phi) is 6.10. The van der Waals surface area contributed by atoms with E-state index in [9.17, 15) is 9.59 Å². The van der Waals surface area contributed by atoms with Gasteiger partial charge in [0.2, 0.25) is 0 Å². The number of anilines is 1. The molecule has 0 aromatic heterocycles. The van der Waals surface area contributed by atoms with Crippen molar-refractivity contribution in [3.8, 4) is 5.75 Å². The summed E-state index contributed by atoms with van der Waals surface area (Å²) in [6.07, 6.45) is 5.07. The maximum absolute atomic E-state index is 12.2. The van der Waals surface area contributed by atoms with Crippen LogP contribution in [-0.4, -0.2) is 32.0 Å². The second-order valence-electron chi connectivity index (χ2n) is 6.30. The predicted octanol–water partition coefficient (Wildman–Crippen LogP) is 2.31. The number of hydrazine groups is 1. The minimum atomic E-state index is -0.398. The Morgan fingerprint density at radius 3 is 2.85 bits per heavy atom. The Balaban J connectivity index is 1.49. The molecule has 2 amide bonds. The molecular weight excluding hydrogens is 342 g/mol. The first-order valence-electron chi connectivity index (χ1n) is 8.89. The van der Waals surface area contributed by atoms with Gasteiger partial charge in [0.1, 0.15) is 5.75 Å². The van der Waals surface area contributed by atoms with E-state index in [0.717, 1.165) is 30.6 Å². The number of benzene rings is 2. The molecule has 3 rings (SSSR count). The van der Waals surface area contributed by atoms with Crippen molar-refractivity contribution in [2.24, 2.45) is 0 Å². The molecule has 6 heteroatoms. The summed E-state index contributed by atoms with van der Waals surface area (Å²) >= 11 is 0. The number of rotatable bonds is 5. The number of aryl methyl sites for hydroxylation is 1. The lowest BCUT2D eigenvalue weighted by Gasteiger charge is -2.30. The Hall–Kier alpha value is -3.28. The number of para-hydroxylation sites is 1. The van der Waals surface area contributed by atoms with E-state index in [4.69, 9.17) is 4.74 Å². The molecule has 1 heterocycles. The van der Waals surface area contributed by atoms with Crippen LogP contribution in [0.5, 0.6) is 5.75 Å². The van der Waals surface area contributed by atoms with E-state index in [1.54, 1.807) is 13.2 Å². The quantitative estimate of drug-likeness (QED) is 0.630. The first kappa shape index (κ1) is 18.5. The normalized spacial score (nSPS) is 13.1. The average molecular weight is 365 g/mol. The minimum absolute atomic E-state index is 0.205. The largest absolute Gasteiger partial charge is 0.497 e. The van der Waals surface area contributed by atoms with Gasteiger partial charge in [0.15, 0.2) is 0 Å². The minimum Gasteiger partial charge on any atom is -0.497 e. The van der Waals surface area contributed by atoms with E-state index in [2.05, 4.69) is 16.9 Å². The highest BCUT2D eigenvalue weighted by Crippen LogP contribution is 2.26. The van der Waals surface area contributed by atoms with Gasteiger partial charge in [0.25, 0.3) is 11.8 Å². The number of carbonyl (C=O) groups excluding carboxylic acids is 2. The molecule has 0 unspecified atom stereocenters. The van der Waals surface area contributed by atoms with Gasteiger partial charge in [-0.15, -0.1) is 0 Å². The zero-order chi connectivity index (χ0) is 19.1. The molecule has 1 aliphatic heterocycles. The van der Waals surface area contributed by atoms with Crippen molar-refractivity contribution in [1.29, 1.82) is 0 Å². The number of hydrogen-bond donors (Lipinski definition) is 2. The maximum atomic E-state index is 12.2. The molecule has 0 saturated heterocycles. The van der Waals surface area contributed by atoms with Gasteiger partial charge in [0, 0.05) is 18.3 Å². The highest BCUT2D eigenvalue weighted by molar-refractivity contribution is 5.93. The van der Waals surface area contributed by atoms with Crippen molar-refractivity contribution >= 4 is 23.6 Å². The smallest absolute Gasteiger partial charge is 0.262 e. The fourth-order valence-electron chi connectivity index (χ4n) is 3.08. The van der Waals surface area contributed by atoms with Gasteiger partial charge in [-0.3, -0.25) is 20.4 Å². The fraction of sp³-hybridized carbons (Fsp3) is 0.238. The summed E-state index contributed by atoms with van der Waals surface area (Å²) < 4.78 is 5.14. The number of carbonyl (C=O) groups is 2. The standard InChI is InChI=1S/C21H23N3O3/c1-27-18-9-4-6-16(14-18)11-12-20(25)22-23-21(26)15-24-13-5-8-17-7-2-3-10-19(17)24/h2-4,6-7,9-12,14H,5,8,13,15H2,1H3,(H,22,25)(H,23,26)/b12-11+.